The van der Waals surface area contributed by atoms with Crippen LogP contribution in [0.1, 0.15) is 23.7 Å². The van der Waals surface area contributed by atoms with Gasteiger partial charge in [-0.3, -0.25) is 4.99 Å². The number of alkyl halides is 3. The van der Waals surface area contributed by atoms with Crippen LogP contribution in [0.5, 0.6) is 0 Å². The lowest BCUT2D eigenvalue weighted by atomic mass is 10.2. The van der Waals surface area contributed by atoms with Crippen molar-refractivity contribution in [2.24, 2.45) is 4.99 Å². The van der Waals surface area contributed by atoms with Crippen LogP contribution in [0.4, 0.5) is 28.9 Å². The predicted octanol–water partition coefficient (Wildman–Crippen LogP) is 4.17. The maximum atomic E-state index is 13.2. The van der Waals surface area contributed by atoms with Crippen LogP contribution in [0.15, 0.2) is 53.5 Å². The highest BCUT2D eigenvalue weighted by atomic mass is 19.4. The molecule has 1 fully saturated rings. The Labute approximate surface area is 217 Å². The van der Waals surface area contributed by atoms with E-state index in [2.05, 4.69) is 15.1 Å². The number of anilines is 2. The van der Waals surface area contributed by atoms with Gasteiger partial charge in [0, 0.05) is 57.3 Å². The van der Waals surface area contributed by atoms with Crippen molar-refractivity contribution >= 4 is 29.3 Å². The van der Waals surface area contributed by atoms with Gasteiger partial charge in [0.1, 0.15) is 5.82 Å². The lowest BCUT2D eigenvalue weighted by Gasteiger charge is -2.37. The van der Waals surface area contributed by atoms with Crippen LogP contribution < -0.4 is 10.2 Å². The van der Waals surface area contributed by atoms with E-state index < -0.39 is 18.1 Å². The van der Waals surface area contributed by atoms with E-state index in [-0.39, 0.29) is 11.4 Å². The zero-order chi connectivity index (χ0) is 28.1. The number of hydrogen-bond donors (Lipinski definition) is 3. The van der Waals surface area contributed by atoms with Gasteiger partial charge in [-0.2, -0.15) is 13.2 Å². The number of aliphatic imine (C=N–C) groups is 1. The first-order valence-electron chi connectivity index (χ1n) is 11.8. The second kappa shape index (κ2) is 14.8. The Bertz CT molecular complexity index is 1070. The lowest BCUT2D eigenvalue weighted by Crippen LogP contribution is -2.50. The van der Waals surface area contributed by atoms with Crippen molar-refractivity contribution in [3.63, 3.8) is 0 Å². The molecule has 1 heterocycles. The van der Waals surface area contributed by atoms with E-state index in [1.165, 1.54) is 12.1 Å². The summed E-state index contributed by atoms with van der Waals surface area (Å²) in [7, 11) is 0. The SMILES string of the molecule is CCOCCCN=C(Nc1cccc(C(=O)O)c1)N1CCN(c2ccc(F)cc2)CC1.O=C(O)C(F)(F)F. The zero-order valence-corrected chi connectivity index (χ0v) is 20.7. The number of carboxylic acids is 2. The number of nitrogens with zero attached hydrogens (tertiary/aromatic N) is 3. The molecule has 0 spiro atoms. The molecular formula is C25H30F4N4O5. The average Bonchev–Trinajstić information content (AvgIpc) is 2.88. The molecule has 3 rings (SSSR count). The zero-order valence-electron chi connectivity index (χ0n) is 20.7. The van der Waals surface area contributed by atoms with Crippen LogP contribution >= 0.6 is 0 Å². The normalized spacial score (nSPS) is 14.0. The van der Waals surface area contributed by atoms with Gasteiger partial charge in [0.25, 0.3) is 0 Å². The van der Waals surface area contributed by atoms with Gasteiger partial charge in [0.2, 0.25) is 0 Å². The summed E-state index contributed by atoms with van der Waals surface area (Å²) >= 11 is 0. The lowest BCUT2D eigenvalue weighted by molar-refractivity contribution is -0.192. The van der Waals surface area contributed by atoms with E-state index in [0.29, 0.717) is 25.4 Å². The first kappa shape index (κ1) is 30.4. The number of carbonyl (C=O) groups is 2. The molecule has 2 aromatic rings. The van der Waals surface area contributed by atoms with Crippen molar-refractivity contribution in [1.29, 1.82) is 0 Å². The van der Waals surface area contributed by atoms with E-state index >= 15 is 0 Å². The highest BCUT2D eigenvalue weighted by molar-refractivity contribution is 5.96. The summed E-state index contributed by atoms with van der Waals surface area (Å²) in [6, 6.07) is 13.3. The first-order valence-corrected chi connectivity index (χ1v) is 11.8. The van der Waals surface area contributed by atoms with E-state index in [4.69, 9.17) is 19.6 Å². The molecule has 0 atom stereocenters. The molecule has 0 aliphatic carbocycles. The quantitative estimate of drug-likeness (QED) is 0.197. The van der Waals surface area contributed by atoms with Crippen LogP contribution in [0.25, 0.3) is 0 Å². The maximum absolute atomic E-state index is 13.2. The van der Waals surface area contributed by atoms with Gasteiger partial charge in [0.05, 0.1) is 5.56 Å². The number of piperazine rings is 1. The first-order chi connectivity index (χ1) is 18.0. The molecule has 0 radical (unpaired) electrons. The van der Waals surface area contributed by atoms with Gasteiger partial charge in [-0.25, -0.2) is 14.0 Å². The number of rotatable bonds is 8. The number of nitrogens with one attached hydrogen (secondary N) is 1. The van der Waals surface area contributed by atoms with Crippen molar-refractivity contribution in [2.45, 2.75) is 19.5 Å². The Balaban J connectivity index is 0.000000638. The van der Waals surface area contributed by atoms with Crippen molar-refractivity contribution in [3.05, 3.63) is 59.9 Å². The van der Waals surface area contributed by atoms with Crippen molar-refractivity contribution in [2.75, 3.05) is 56.2 Å². The number of aromatic carboxylic acids is 1. The largest absolute Gasteiger partial charge is 0.490 e. The fourth-order valence-electron chi connectivity index (χ4n) is 3.40. The monoisotopic (exact) mass is 542 g/mol. The molecule has 0 amide bonds. The molecule has 208 valence electrons. The number of guanidine groups is 1. The smallest absolute Gasteiger partial charge is 0.478 e. The summed E-state index contributed by atoms with van der Waals surface area (Å²) in [6.45, 7) is 6.95. The van der Waals surface area contributed by atoms with Crippen LogP contribution in [-0.4, -0.2) is 85.1 Å². The van der Waals surface area contributed by atoms with E-state index in [0.717, 1.165) is 44.2 Å². The fourth-order valence-corrected chi connectivity index (χ4v) is 3.40. The number of aliphatic carboxylic acids is 1. The molecule has 1 aliphatic heterocycles. The van der Waals surface area contributed by atoms with Gasteiger partial charge in [-0.05, 0) is 55.8 Å². The van der Waals surface area contributed by atoms with E-state index in [1.807, 2.05) is 13.0 Å². The minimum Gasteiger partial charge on any atom is -0.478 e. The van der Waals surface area contributed by atoms with E-state index in [1.54, 1.807) is 30.3 Å². The number of hydrogen-bond acceptors (Lipinski definition) is 5. The molecule has 3 N–H and O–H groups in total. The standard InChI is InChI=1S/C23H29FN4O3.C2HF3O2/c1-2-31-16-4-11-25-23(26-20-6-3-5-18(17-20)22(29)30)28-14-12-27(13-15-28)21-9-7-19(24)8-10-21;3-2(4,5)1(6)7/h3,5-10,17H,2,4,11-16H2,1H3,(H,25,26)(H,29,30);(H,6,7). The number of ether oxygens (including phenoxy) is 1. The summed E-state index contributed by atoms with van der Waals surface area (Å²) < 4.78 is 50.3. The van der Waals surface area contributed by atoms with Gasteiger partial charge in [-0.15, -0.1) is 0 Å². The molecule has 0 aromatic heterocycles. The molecule has 9 nitrogen and oxygen atoms in total. The summed E-state index contributed by atoms with van der Waals surface area (Å²) in [6.07, 6.45) is -4.27. The number of carboxylic acid groups (broad SMARTS) is 2. The van der Waals surface area contributed by atoms with Gasteiger partial charge in [0.15, 0.2) is 5.96 Å². The molecule has 38 heavy (non-hydrogen) atoms. The van der Waals surface area contributed by atoms with Crippen molar-refractivity contribution in [1.82, 2.24) is 4.90 Å². The summed E-state index contributed by atoms with van der Waals surface area (Å²) in [4.78, 5) is 29.3. The van der Waals surface area contributed by atoms with Gasteiger partial charge in [-0.1, -0.05) is 6.07 Å². The molecule has 0 bridgehead atoms. The Morgan fingerprint density at radius 1 is 1.05 bits per heavy atom. The number of benzene rings is 2. The molecule has 0 saturated carbocycles. The maximum Gasteiger partial charge on any atom is 0.490 e. The summed E-state index contributed by atoms with van der Waals surface area (Å²) in [5.74, 6) is -3.24. The molecule has 1 aliphatic rings. The Hall–Kier alpha value is -3.87. The molecule has 13 heteroatoms. The molecular weight excluding hydrogens is 512 g/mol. The fraction of sp³-hybridized carbons (Fsp3) is 0.400. The molecule has 1 saturated heterocycles. The molecule has 0 unspecified atom stereocenters. The van der Waals surface area contributed by atoms with Crippen molar-refractivity contribution in [3.8, 4) is 0 Å². The van der Waals surface area contributed by atoms with Crippen LogP contribution in [0, 0.1) is 5.82 Å². The molecule has 2 aromatic carbocycles. The second-order valence-electron chi connectivity index (χ2n) is 8.02. The summed E-state index contributed by atoms with van der Waals surface area (Å²) in [5.41, 5.74) is 1.91. The van der Waals surface area contributed by atoms with Gasteiger partial charge >= 0.3 is 18.1 Å². The highest BCUT2D eigenvalue weighted by Crippen LogP contribution is 2.18. The number of halogens is 4. The topological polar surface area (TPSA) is 115 Å². The van der Waals surface area contributed by atoms with Crippen LogP contribution in [0.3, 0.4) is 0 Å². The Kier molecular flexibility index (Phi) is 11.8. The minimum atomic E-state index is -5.08. The third-order valence-electron chi connectivity index (χ3n) is 5.29. The Morgan fingerprint density at radius 3 is 2.24 bits per heavy atom. The highest BCUT2D eigenvalue weighted by Gasteiger charge is 2.38. The minimum absolute atomic E-state index is 0.224. The van der Waals surface area contributed by atoms with Gasteiger partial charge < -0.3 is 30.1 Å². The average molecular weight is 543 g/mol. The van der Waals surface area contributed by atoms with E-state index in [9.17, 15) is 27.5 Å². The third kappa shape index (κ3) is 10.2. The van der Waals surface area contributed by atoms with Crippen LogP contribution in [-0.2, 0) is 9.53 Å². The predicted molar refractivity (Wildman–Crippen MR) is 134 cm³/mol. The second-order valence-corrected chi connectivity index (χ2v) is 8.02. The third-order valence-corrected chi connectivity index (χ3v) is 5.29. The summed E-state index contributed by atoms with van der Waals surface area (Å²) in [5, 5.41) is 19.7. The Morgan fingerprint density at radius 2 is 1.68 bits per heavy atom. The van der Waals surface area contributed by atoms with Crippen LogP contribution in [0.2, 0.25) is 0 Å². The van der Waals surface area contributed by atoms with Crippen molar-refractivity contribution < 1.29 is 42.1 Å².